The summed E-state index contributed by atoms with van der Waals surface area (Å²) >= 11 is 0. The Balaban J connectivity index is 1.92. The Morgan fingerprint density at radius 3 is 2.58 bits per heavy atom. The van der Waals surface area contributed by atoms with E-state index in [9.17, 15) is 4.79 Å². The highest BCUT2D eigenvalue weighted by Crippen LogP contribution is 2.29. The fourth-order valence-electron chi connectivity index (χ4n) is 3.15. The fourth-order valence-corrected chi connectivity index (χ4v) is 3.15. The maximum atomic E-state index is 12.4. The molecular weight excluding hydrogens is 300 g/mol. The summed E-state index contributed by atoms with van der Waals surface area (Å²) in [6.07, 6.45) is 0. The van der Waals surface area contributed by atoms with Crippen LogP contribution in [0.1, 0.15) is 23.0 Å². The molecule has 0 aliphatic carbocycles. The van der Waals surface area contributed by atoms with Gasteiger partial charge in [-0.15, -0.1) is 0 Å². The summed E-state index contributed by atoms with van der Waals surface area (Å²) in [5.41, 5.74) is 3.73. The normalized spacial score (nSPS) is 11.2. The van der Waals surface area contributed by atoms with Gasteiger partial charge in [-0.3, -0.25) is 0 Å². The van der Waals surface area contributed by atoms with E-state index in [2.05, 4.69) is 23.2 Å². The van der Waals surface area contributed by atoms with Crippen molar-refractivity contribution in [3.05, 3.63) is 71.9 Å². The van der Waals surface area contributed by atoms with E-state index in [4.69, 9.17) is 4.74 Å². The quantitative estimate of drug-likeness (QED) is 0.569. The van der Waals surface area contributed by atoms with E-state index in [0.717, 1.165) is 27.5 Å². The number of rotatable bonds is 4. The minimum atomic E-state index is -0.290. The molecule has 0 radical (unpaired) electrons. The lowest BCUT2D eigenvalue weighted by atomic mass is 10.2. The van der Waals surface area contributed by atoms with Crippen LogP contribution in [0.2, 0.25) is 0 Å². The zero-order valence-electron chi connectivity index (χ0n) is 13.5. The first-order valence-corrected chi connectivity index (χ1v) is 8.09. The van der Waals surface area contributed by atoms with Gasteiger partial charge in [-0.1, -0.05) is 48.5 Å². The average molecular weight is 318 g/mol. The fraction of sp³-hybridized carbons (Fsp3) is 0.150. The van der Waals surface area contributed by atoms with Gasteiger partial charge in [0.15, 0.2) is 0 Å². The van der Waals surface area contributed by atoms with Crippen LogP contribution in [0.25, 0.3) is 21.9 Å². The predicted molar refractivity (Wildman–Crippen MR) is 95.3 cm³/mol. The van der Waals surface area contributed by atoms with Crippen molar-refractivity contribution >= 4 is 27.9 Å². The smallest absolute Gasteiger partial charge is 0.355 e. The van der Waals surface area contributed by atoms with Crippen molar-refractivity contribution in [3.63, 3.8) is 0 Å². The van der Waals surface area contributed by atoms with E-state index in [1.165, 1.54) is 0 Å². The number of aromatic amines is 1. The molecule has 0 amide bonds. The molecule has 0 fully saturated rings. The van der Waals surface area contributed by atoms with Crippen LogP contribution in [0.5, 0.6) is 0 Å². The van der Waals surface area contributed by atoms with Crippen LogP contribution in [-0.2, 0) is 11.3 Å². The van der Waals surface area contributed by atoms with Gasteiger partial charge in [0, 0.05) is 22.8 Å². The number of fused-ring (bicyclic) bond motifs is 3. The van der Waals surface area contributed by atoms with Gasteiger partial charge in [0.25, 0.3) is 0 Å². The van der Waals surface area contributed by atoms with E-state index in [1.807, 2.05) is 54.0 Å². The van der Waals surface area contributed by atoms with Crippen molar-refractivity contribution in [2.45, 2.75) is 13.5 Å². The number of benzene rings is 2. The summed E-state index contributed by atoms with van der Waals surface area (Å²) in [4.78, 5) is 15.8. The summed E-state index contributed by atoms with van der Waals surface area (Å²) in [7, 11) is 0. The minimum Gasteiger partial charge on any atom is -0.461 e. The van der Waals surface area contributed by atoms with Crippen LogP contribution in [0, 0.1) is 0 Å². The number of esters is 1. The van der Waals surface area contributed by atoms with Gasteiger partial charge in [-0.2, -0.15) is 0 Å². The maximum absolute atomic E-state index is 12.4. The van der Waals surface area contributed by atoms with E-state index in [-0.39, 0.29) is 5.97 Å². The van der Waals surface area contributed by atoms with Crippen molar-refractivity contribution in [3.8, 4) is 0 Å². The average Bonchev–Trinajstić information content (AvgIpc) is 3.13. The van der Waals surface area contributed by atoms with Crippen molar-refractivity contribution in [2.24, 2.45) is 0 Å². The van der Waals surface area contributed by atoms with Gasteiger partial charge in [0.2, 0.25) is 0 Å². The molecule has 0 unspecified atom stereocenters. The highest BCUT2D eigenvalue weighted by Gasteiger charge is 2.19. The molecule has 0 atom stereocenters. The number of para-hydroxylation sites is 1. The Kier molecular flexibility index (Phi) is 3.58. The number of carbonyl (C=O) groups excluding carboxylic acids is 1. The molecule has 1 N–H and O–H groups in total. The molecule has 0 saturated heterocycles. The molecule has 120 valence electrons. The van der Waals surface area contributed by atoms with Gasteiger partial charge in [-0.05, 0) is 24.6 Å². The molecule has 4 rings (SSSR count). The van der Waals surface area contributed by atoms with Gasteiger partial charge in [0.1, 0.15) is 11.3 Å². The number of nitrogens with zero attached hydrogens (tertiary/aromatic N) is 1. The van der Waals surface area contributed by atoms with Gasteiger partial charge in [-0.25, -0.2) is 4.79 Å². The van der Waals surface area contributed by atoms with Crippen molar-refractivity contribution < 1.29 is 9.53 Å². The van der Waals surface area contributed by atoms with E-state index < -0.39 is 0 Å². The zero-order valence-corrected chi connectivity index (χ0v) is 13.5. The number of aromatic nitrogens is 2. The Labute approximate surface area is 139 Å². The molecule has 0 bridgehead atoms. The van der Waals surface area contributed by atoms with Crippen molar-refractivity contribution in [1.82, 2.24) is 9.55 Å². The second-order valence-corrected chi connectivity index (χ2v) is 5.75. The summed E-state index contributed by atoms with van der Waals surface area (Å²) in [6.45, 7) is 2.80. The molecule has 24 heavy (non-hydrogen) atoms. The van der Waals surface area contributed by atoms with Crippen LogP contribution < -0.4 is 0 Å². The van der Waals surface area contributed by atoms with E-state index in [0.29, 0.717) is 18.8 Å². The monoisotopic (exact) mass is 318 g/mol. The Hall–Kier alpha value is -3.01. The van der Waals surface area contributed by atoms with Crippen molar-refractivity contribution in [2.75, 3.05) is 6.61 Å². The van der Waals surface area contributed by atoms with Crippen molar-refractivity contribution in [1.29, 1.82) is 0 Å². The first-order valence-electron chi connectivity index (χ1n) is 8.09. The number of hydrogen-bond donors (Lipinski definition) is 1. The first kappa shape index (κ1) is 14.6. The standard InChI is InChI=1S/C20H18N2O2/c1-2-24-20(23)18-12-16-15-10-6-7-11-17(15)21-19(16)22(18)13-14-8-4-3-5-9-14/h3-12,21H,2,13H2,1H3. The SMILES string of the molecule is CCOC(=O)c1cc2c3ccccc3[nH]c2n1Cc1ccccc1. The van der Waals surface area contributed by atoms with Gasteiger partial charge in [0.05, 0.1) is 6.61 Å². The predicted octanol–water partition coefficient (Wildman–Crippen LogP) is 4.35. The number of carbonyl (C=O) groups is 1. The van der Waals surface area contributed by atoms with Crippen LogP contribution in [0.3, 0.4) is 0 Å². The summed E-state index contributed by atoms with van der Waals surface area (Å²) in [5, 5.41) is 2.16. The molecule has 2 aromatic heterocycles. The van der Waals surface area contributed by atoms with E-state index in [1.54, 1.807) is 0 Å². The molecular formula is C20H18N2O2. The molecule has 4 heteroatoms. The third kappa shape index (κ3) is 2.36. The van der Waals surface area contributed by atoms with Crippen LogP contribution in [0.4, 0.5) is 0 Å². The van der Waals surface area contributed by atoms with Crippen LogP contribution in [-0.4, -0.2) is 22.1 Å². The highest BCUT2D eigenvalue weighted by molar-refractivity contribution is 6.09. The molecule has 0 aliphatic heterocycles. The number of hydrogen-bond acceptors (Lipinski definition) is 2. The van der Waals surface area contributed by atoms with Gasteiger partial charge >= 0.3 is 5.97 Å². The summed E-state index contributed by atoms with van der Waals surface area (Å²) in [6, 6.07) is 20.2. The lowest BCUT2D eigenvalue weighted by Gasteiger charge is -2.09. The number of nitrogens with one attached hydrogen (secondary N) is 1. The third-order valence-electron chi connectivity index (χ3n) is 4.24. The molecule has 4 nitrogen and oxygen atoms in total. The molecule has 2 heterocycles. The first-order chi connectivity index (χ1) is 11.8. The Morgan fingerprint density at radius 2 is 1.79 bits per heavy atom. The zero-order chi connectivity index (χ0) is 16.5. The second kappa shape index (κ2) is 5.89. The molecule has 0 spiro atoms. The topological polar surface area (TPSA) is 47.0 Å². The molecule has 0 aliphatic rings. The number of H-pyrrole nitrogens is 1. The lowest BCUT2D eigenvalue weighted by Crippen LogP contribution is -2.13. The van der Waals surface area contributed by atoms with Gasteiger partial charge < -0.3 is 14.3 Å². The van der Waals surface area contributed by atoms with Crippen LogP contribution in [0.15, 0.2) is 60.7 Å². The maximum Gasteiger partial charge on any atom is 0.355 e. The lowest BCUT2D eigenvalue weighted by molar-refractivity contribution is 0.0515. The summed E-state index contributed by atoms with van der Waals surface area (Å²) < 4.78 is 7.25. The van der Waals surface area contributed by atoms with Crippen LogP contribution >= 0.6 is 0 Å². The second-order valence-electron chi connectivity index (χ2n) is 5.75. The van der Waals surface area contributed by atoms with E-state index >= 15 is 0 Å². The molecule has 4 aromatic rings. The largest absolute Gasteiger partial charge is 0.461 e. The number of ether oxygens (including phenoxy) is 1. The third-order valence-corrected chi connectivity index (χ3v) is 4.24. The minimum absolute atomic E-state index is 0.290. The Bertz CT molecular complexity index is 1010. The molecule has 2 aromatic carbocycles. The summed E-state index contributed by atoms with van der Waals surface area (Å²) in [5.74, 6) is -0.290. The Morgan fingerprint density at radius 1 is 1.04 bits per heavy atom. The molecule has 0 saturated carbocycles. The highest BCUT2D eigenvalue weighted by atomic mass is 16.5.